The zero-order valence-electron chi connectivity index (χ0n) is 6.63. The van der Waals surface area contributed by atoms with Gasteiger partial charge in [0.1, 0.15) is 0 Å². The van der Waals surface area contributed by atoms with Gasteiger partial charge in [-0.05, 0) is 30.2 Å². The molecule has 0 saturated carbocycles. The number of aryl methyl sites for hydroxylation is 1. The first kappa shape index (κ1) is 8.47. The second-order valence-electron chi connectivity index (χ2n) is 2.39. The monoisotopic (exact) mass is 211 g/mol. The predicted molar refractivity (Wildman–Crippen MR) is 52.4 cm³/mol. The molecule has 0 amide bonds. The Labute approximate surface area is 75.3 Å². The van der Waals surface area contributed by atoms with Gasteiger partial charge in [-0.15, -0.1) is 0 Å². The predicted octanol–water partition coefficient (Wildman–Crippen LogP) is 2.81. The van der Waals surface area contributed by atoms with Crippen molar-refractivity contribution in [1.82, 2.24) is 0 Å². The minimum absolute atomic E-state index is 1.10. The first-order valence-corrected chi connectivity index (χ1v) is 4.21. The molecule has 0 heterocycles. The zero-order valence-corrected chi connectivity index (χ0v) is 8.22. The van der Waals surface area contributed by atoms with Crippen LogP contribution < -0.4 is 0 Å². The molecule has 58 valence electrons. The molecule has 11 heavy (non-hydrogen) atoms. The van der Waals surface area contributed by atoms with Gasteiger partial charge in [-0.25, -0.2) is 0 Å². The van der Waals surface area contributed by atoms with E-state index in [1.54, 1.807) is 7.05 Å². The van der Waals surface area contributed by atoms with Crippen molar-refractivity contribution in [2.24, 2.45) is 4.99 Å². The van der Waals surface area contributed by atoms with Crippen LogP contribution in [0.25, 0.3) is 0 Å². The zero-order chi connectivity index (χ0) is 8.27. The normalized spacial score (nSPS) is 10.8. The molecule has 0 aromatic heterocycles. The van der Waals surface area contributed by atoms with E-state index in [0.29, 0.717) is 0 Å². The summed E-state index contributed by atoms with van der Waals surface area (Å²) < 4.78 is 1.10. The first-order valence-electron chi connectivity index (χ1n) is 3.42. The van der Waals surface area contributed by atoms with E-state index in [0.717, 1.165) is 4.47 Å². The fraction of sp³-hybridized carbons (Fsp3) is 0.222. The summed E-state index contributed by atoms with van der Waals surface area (Å²) in [4.78, 5) is 3.96. The molecule has 0 saturated heterocycles. The fourth-order valence-electron chi connectivity index (χ4n) is 0.890. The summed E-state index contributed by atoms with van der Waals surface area (Å²) in [6, 6.07) is 6.16. The highest BCUT2D eigenvalue weighted by Crippen LogP contribution is 2.14. The maximum atomic E-state index is 3.96. The van der Waals surface area contributed by atoms with Crippen LogP contribution in [0.5, 0.6) is 0 Å². The Kier molecular flexibility index (Phi) is 2.83. The number of hydrogen-bond acceptors (Lipinski definition) is 1. The topological polar surface area (TPSA) is 12.4 Å². The van der Waals surface area contributed by atoms with Crippen LogP contribution in [-0.4, -0.2) is 13.3 Å². The quantitative estimate of drug-likeness (QED) is 0.634. The SMILES string of the molecule is CN=Cc1cc(Br)ccc1C. The van der Waals surface area contributed by atoms with Crippen LogP contribution in [0.1, 0.15) is 11.1 Å². The van der Waals surface area contributed by atoms with E-state index in [4.69, 9.17) is 0 Å². The fourth-order valence-corrected chi connectivity index (χ4v) is 1.27. The van der Waals surface area contributed by atoms with Crippen molar-refractivity contribution in [3.8, 4) is 0 Å². The Bertz CT molecular complexity index is 279. The number of rotatable bonds is 1. The third-order valence-electron chi connectivity index (χ3n) is 1.51. The summed E-state index contributed by atoms with van der Waals surface area (Å²) in [6.45, 7) is 2.07. The summed E-state index contributed by atoms with van der Waals surface area (Å²) in [5, 5.41) is 0. The van der Waals surface area contributed by atoms with Gasteiger partial charge in [-0.2, -0.15) is 0 Å². The van der Waals surface area contributed by atoms with Crippen molar-refractivity contribution in [2.45, 2.75) is 6.92 Å². The van der Waals surface area contributed by atoms with Crippen LogP contribution in [0, 0.1) is 6.92 Å². The number of halogens is 1. The van der Waals surface area contributed by atoms with E-state index in [2.05, 4.69) is 40.0 Å². The molecule has 0 aliphatic rings. The number of aliphatic imine (C=N–C) groups is 1. The van der Waals surface area contributed by atoms with Crippen LogP contribution in [0.3, 0.4) is 0 Å². The molecule has 1 rings (SSSR count). The Morgan fingerprint density at radius 2 is 2.18 bits per heavy atom. The summed E-state index contributed by atoms with van der Waals surface area (Å²) >= 11 is 3.40. The van der Waals surface area contributed by atoms with Gasteiger partial charge >= 0.3 is 0 Å². The second-order valence-corrected chi connectivity index (χ2v) is 3.30. The number of benzene rings is 1. The van der Waals surface area contributed by atoms with Crippen molar-refractivity contribution in [3.63, 3.8) is 0 Å². The molecule has 0 fully saturated rings. The summed E-state index contributed by atoms with van der Waals surface area (Å²) in [6.07, 6.45) is 1.86. The molecule has 0 aliphatic heterocycles. The third-order valence-corrected chi connectivity index (χ3v) is 2.00. The van der Waals surface area contributed by atoms with Gasteiger partial charge in [0.15, 0.2) is 0 Å². The summed E-state index contributed by atoms with van der Waals surface area (Å²) in [5.41, 5.74) is 2.42. The Morgan fingerprint density at radius 1 is 1.45 bits per heavy atom. The molecule has 0 aliphatic carbocycles. The van der Waals surface area contributed by atoms with E-state index in [9.17, 15) is 0 Å². The smallest absolute Gasteiger partial charge is 0.0284 e. The molecule has 2 heteroatoms. The minimum Gasteiger partial charge on any atom is -0.296 e. The number of hydrogen-bond donors (Lipinski definition) is 0. The van der Waals surface area contributed by atoms with Crippen LogP contribution in [0.15, 0.2) is 27.7 Å². The van der Waals surface area contributed by atoms with E-state index in [-0.39, 0.29) is 0 Å². The Balaban J connectivity index is 3.12. The van der Waals surface area contributed by atoms with Gasteiger partial charge in [-0.3, -0.25) is 4.99 Å². The van der Waals surface area contributed by atoms with Gasteiger partial charge in [0.25, 0.3) is 0 Å². The maximum absolute atomic E-state index is 3.96. The highest BCUT2D eigenvalue weighted by Gasteiger charge is 1.94. The largest absolute Gasteiger partial charge is 0.296 e. The van der Waals surface area contributed by atoms with Crippen molar-refractivity contribution in [1.29, 1.82) is 0 Å². The minimum atomic E-state index is 1.10. The molecular weight excluding hydrogens is 202 g/mol. The lowest BCUT2D eigenvalue weighted by atomic mass is 10.1. The summed E-state index contributed by atoms with van der Waals surface area (Å²) in [7, 11) is 1.78. The number of nitrogens with zero attached hydrogens (tertiary/aromatic N) is 1. The molecule has 0 spiro atoms. The van der Waals surface area contributed by atoms with Crippen molar-refractivity contribution in [3.05, 3.63) is 33.8 Å². The Hall–Kier alpha value is -0.630. The summed E-state index contributed by atoms with van der Waals surface area (Å²) in [5.74, 6) is 0. The third kappa shape index (κ3) is 2.15. The van der Waals surface area contributed by atoms with Gasteiger partial charge in [0.05, 0.1) is 0 Å². The highest BCUT2D eigenvalue weighted by molar-refractivity contribution is 9.10. The standard InChI is InChI=1S/C9H10BrN/c1-7-3-4-9(10)5-8(7)6-11-2/h3-6H,1-2H3. The van der Waals surface area contributed by atoms with E-state index in [1.165, 1.54) is 11.1 Å². The van der Waals surface area contributed by atoms with Gasteiger partial charge in [-0.1, -0.05) is 22.0 Å². The average Bonchev–Trinajstić information content (AvgIpc) is 1.98. The van der Waals surface area contributed by atoms with Crippen LogP contribution >= 0.6 is 15.9 Å². The van der Waals surface area contributed by atoms with E-state index in [1.807, 2.05) is 12.3 Å². The maximum Gasteiger partial charge on any atom is 0.0284 e. The molecule has 1 nitrogen and oxygen atoms in total. The molecular formula is C9H10BrN. The molecule has 0 atom stereocenters. The van der Waals surface area contributed by atoms with E-state index >= 15 is 0 Å². The molecule has 0 unspecified atom stereocenters. The molecule has 1 aromatic carbocycles. The Morgan fingerprint density at radius 3 is 2.82 bits per heavy atom. The van der Waals surface area contributed by atoms with Crippen LogP contribution in [-0.2, 0) is 0 Å². The van der Waals surface area contributed by atoms with Crippen molar-refractivity contribution < 1.29 is 0 Å². The van der Waals surface area contributed by atoms with Gasteiger partial charge in [0, 0.05) is 17.7 Å². The highest BCUT2D eigenvalue weighted by atomic mass is 79.9. The van der Waals surface area contributed by atoms with Crippen LogP contribution in [0.2, 0.25) is 0 Å². The van der Waals surface area contributed by atoms with Crippen molar-refractivity contribution >= 4 is 22.1 Å². The van der Waals surface area contributed by atoms with Gasteiger partial charge < -0.3 is 0 Å². The second kappa shape index (κ2) is 3.67. The molecule has 0 bridgehead atoms. The lowest BCUT2D eigenvalue weighted by Crippen LogP contribution is -1.85. The molecule has 0 radical (unpaired) electrons. The van der Waals surface area contributed by atoms with Gasteiger partial charge in [0.2, 0.25) is 0 Å². The molecule has 1 aromatic rings. The lowest BCUT2D eigenvalue weighted by Gasteiger charge is -1.98. The van der Waals surface area contributed by atoms with Crippen LogP contribution in [0.4, 0.5) is 0 Å². The lowest BCUT2D eigenvalue weighted by molar-refractivity contribution is 1.40. The molecule has 0 N–H and O–H groups in total. The first-order chi connectivity index (χ1) is 5.24. The van der Waals surface area contributed by atoms with E-state index < -0.39 is 0 Å². The van der Waals surface area contributed by atoms with Crippen molar-refractivity contribution in [2.75, 3.05) is 7.05 Å². The average molecular weight is 212 g/mol.